The number of benzene rings is 7. The maximum absolute atomic E-state index is 2.44. The van der Waals surface area contributed by atoms with Crippen molar-refractivity contribution >= 4 is 22.5 Å². The number of hydrogen-bond donors (Lipinski definition) is 0. The summed E-state index contributed by atoms with van der Waals surface area (Å²) in [5.74, 6) is 0. The van der Waals surface area contributed by atoms with Crippen molar-refractivity contribution < 1.29 is 0 Å². The van der Waals surface area contributed by atoms with Crippen molar-refractivity contribution in [3.8, 4) is 33.4 Å². The van der Waals surface area contributed by atoms with Gasteiger partial charge >= 0.3 is 0 Å². The standard InChI is InChI=1S/C41H26S/c1-3-14-29(15-4-1)41(30-16-5-2-6-17-30)35-21-9-7-19-33(35)40-31(20-12-22-36(40)41)28-25-27-13-11-24-38-39(27)34(26-28)32-18-8-10-23-37(32)42-38/h1-26H. The van der Waals surface area contributed by atoms with E-state index < -0.39 is 5.41 Å². The van der Waals surface area contributed by atoms with Gasteiger partial charge in [0.15, 0.2) is 0 Å². The van der Waals surface area contributed by atoms with Crippen molar-refractivity contribution in [2.75, 3.05) is 0 Å². The fourth-order valence-corrected chi connectivity index (χ4v) is 8.62. The molecule has 0 atom stereocenters. The smallest absolute Gasteiger partial charge is 0.0713 e. The Morgan fingerprint density at radius 3 is 1.79 bits per heavy atom. The minimum atomic E-state index is -0.397. The van der Waals surface area contributed by atoms with Crippen LogP contribution in [-0.2, 0) is 5.41 Å². The van der Waals surface area contributed by atoms with Crippen LogP contribution in [0.25, 0.3) is 44.2 Å². The van der Waals surface area contributed by atoms with Crippen LogP contribution in [0.1, 0.15) is 22.3 Å². The molecule has 7 aromatic carbocycles. The topological polar surface area (TPSA) is 0 Å². The highest BCUT2D eigenvalue weighted by molar-refractivity contribution is 7.99. The average molecular weight is 551 g/mol. The molecular weight excluding hydrogens is 525 g/mol. The van der Waals surface area contributed by atoms with E-state index in [0.717, 1.165) is 0 Å². The molecule has 1 aliphatic heterocycles. The zero-order valence-electron chi connectivity index (χ0n) is 22.9. The molecule has 0 amide bonds. The van der Waals surface area contributed by atoms with E-state index in [1.165, 1.54) is 76.2 Å². The molecule has 0 fully saturated rings. The summed E-state index contributed by atoms with van der Waals surface area (Å²) in [5.41, 5.74) is 12.7. The van der Waals surface area contributed by atoms with E-state index in [0.29, 0.717) is 0 Å². The number of fused-ring (bicyclic) bond motifs is 5. The Morgan fingerprint density at radius 2 is 1.00 bits per heavy atom. The van der Waals surface area contributed by atoms with Crippen molar-refractivity contribution in [2.45, 2.75) is 15.2 Å². The Morgan fingerprint density at radius 1 is 0.405 bits per heavy atom. The summed E-state index contributed by atoms with van der Waals surface area (Å²) in [6.07, 6.45) is 0. The molecule has 1 heterocycles. The molecule has 0 saturated carbocycles. The van der Waals surface area contributed by atoms with Gasteiger partial charge in [0, 0.05) is 15.2 Å². The molecule has 0 radical (unpaired) electrons. The molecule has 196 valence electrons. The minimum Gasteiger partial charge on any atom is -0.0888 e. The summed E-state index contributed by atoms with van der Waals surface area (Å²) < 4.78 is 0. The Kier molecular flexibility index (Phi) is 5.15. The largest absolute Gasteiger partial charge is 0.0888 e. The number of rotatable bonds is 3. The quantitative estimate of drug-likeness (QED) is 0.211. The Labute approximate surface area is 250 Å². The van der Waals surface area contributed by atoms with E-state index in [1.54, 1.807) is 0 Å². The normalized spacial score (nSPS) is 13.8. The SMILES string of the molecule is c1ccc(C2(c3ccccc3)c3ccccc3-c3c(-c4cc5c6c(cccc6c4)Sc4ccccc4-5)cccc32)cc1. The van der Waals surface area contributed by atoms with Crippen LogP contribution >= 0.6 is 11.8 Å². The van der Waals surface area contributed by atoms with E-state index in [1.807, 2.05) is 11.8 Å². The summed E-state index contributed by atoms with van der Waals surface area (Å²) >= 11 is 1.88. The molecule has 0 nitrogen and oxygen atoms in total. The lowest BCUT2D eigenvalue weighted by molar-refractivity contribution is 0.768. The monoisotopic (exact) mass is 550 g/mol. The predicted molar refractivity (Wildman–Crippen MR) is 176 cm³/mol. The molecule has 9 rings (SSSR count). The molecule has 0 unspecified atom stereocenters. The van der Waals surface area contributed by atoms with E-state index in [4.69, 9.17) is 0 Å². The molecule has 42 heavy (non-hydrogen) atoms. The molecule has 2 aliphatic rings. The van der Waals surface area contributed by atoms with Gasteiger partial charge in [0.05, 0.1) is 5.41 Å². The Balaban J connectivity index is 1.39. The fourth-order valence-electron chi connectivity index (χ4n) is 7.48. The summed E-state index contributed by atoms with van der Waals surface area (Å²) in [6.45, 7) is 0. The van der Waals surface area contributed by atoms with Crippen LogP contribution in [-0.4, -0.2) is 0 Å². The van der Waals surface area contributed by atoms with Crippen LogP contribution in [0, 0.1) is 0 Å². The second-order valence-electron chi connectivity index (χ2n) is 11.2. The molecule has 7 aromatic rings. The van der Waals surface area contributed by atoms with Crippen molar-refractivity contribution in [1.29, 1.82) is 0 Å². The highest BCUT2D eigenvalue weighted by Gasteiger charge is 2.46. The zero-order valence-corrected chi connectivity index (χ0v) is 23.7. The van der Waals surface area contributed by atoms with E-state index in [-0.39, 0.29) is 0 Å². The first-order valence-corrected chi connectivity index (χ1v) is 15.3. The zero-order chi connectivity index (χ0) is 27.7. The van der Waals surface area contributed by atoms with E-state index in [9.17, 15) is 0 Å². The van der Waals surface area contributed by atoms with Crippen LogP contribution in [0.15, 0.2) is 168 Å². The minimum absolute atomic E-state index is 0.397. The van der Waals surface area contributed by atoms with Crippen LogP contribution in [0.2, 0.25) is 0 Å². The van der Waals surface area contributed by atoms with Gasteiger partial charge in [0.2, 0.25) is 0 Å². The molecule has 0 N–H and O–H groups in total. The predicted octanol–water partition coefficient (Wildman–Crippen LogP) is 11.0. The third kappa shape index (κ3) is 3.20. The second kappa shape index (κ2) is 9.08. The first kappa shape index (κ1) is 23.8. The van der Waals surface area contributed by atoms with Gasteiger partial charge in [-0.3, -0.25) is 0 Å². The second-order valence-corrected chi connectivity index (χ2v) is 12.3. The third-order valence-electron chi connectivity index (χ3n) is 9.13. The van der Waals surface area contributed by atoms with Crippen LogP contribution in [0.3, 0.4) is 0 Å². The van der Waals surface area contributed by atoms with Gasteiger partial charge in [0.1, 0.15) is 0 Å². The lowest BCUT2D eigenvalue weighted by Crippen LogP contribution is -2.28. The highest BCUT2D eigenvalue weighted by Crippen LogP contribution is 2.58. The van der Waals surface area contributed by atoms with Crippen LogP contribution in [0.4, 0.5) is 0 Å². The maximum atomic E-state index is 2.44. The van der Waals surface area contributed by atoms with Crippen molar-refractivity contribution in [2.24, 2.45) is 0 Å². The lowest BCUT2D eigenvalue weighted by Gasteiger charge is -2.34. The molecule has 0 bridgehead atoms. The molecular formula is C41H26S. The summed E-state index contributed by atoms with van der Waals surface area (Å²) in [4.78, 5) is 2.66. The van der Waals surface area contributed by atoms with E-state index >= 15 is 0 Å². The maximum Gasteiger partial charge on any atom is 0.0713 e. The first-order chi connectivity index (χ1) is 20.8. The van der Waals surface area contributed by atoms with Gasteiger partial charge in [-0.05, 0) is 85.3 Å². The third-order valence-corrected chi connectivity index (χ3v) is 10.3. The van der Waals surface area contributed by atoms with Crippen LogP contribution in [0.5, 0.6) is 0 Å². The van der Waals surface area contributed by atoms with Crippen molar-refractivity contribution in [3.63, 3.8) is 0 Å². The molecule has 0 spiro atoms. The Bertz CT molecular complexity index is 2120. The fraction of sp³-hybridized carbons (Fsp3) is 0.0244. The molecule has 0 saturated heterocycles. The average Bonchev–Trinajstić information content (AvgIpc) is 3.37. The van der Waals surface area contributed by atoms with Gasteiger partial charge in [-0.2, -0.15) is 0 Å². The molecule has 0 aromatic heterocycles. The molecule has 1 heteroatoms. The summed E-state index contributed by atoms with van der Waals surface area (Å²) in [7, 11) is 0. The van der Waals surface area contributed by atoms with Gasteiger partial charge in [0.25, 0.3) is 0 Å². The lowest BCUT2D eigenvalue weighted by atomic mass is 9.67. The van der Waals surface area contributed by atoms with Gasteiger partial charge in [-0.1, -0.05) is 145 Å². The first-order valence-electron chi connectivity index (χ1n) is 14.5. The Hall–Kier alpha value is -4.85. The van der Waals surface area contributed by atoms with Gasteiger partial charge in [-0.15, -0.1) is 0 Å². The summed E-state index contributed by atoms with van der Waals surface area (Å²) in [5, 5.41) is 2.66. The van der Waals surface area contributed by atoms with E-state index in [2.05, 4.69) is 158 Å². The van der Waals surface area contributed by atoms with Crippen LogP contribution < -0.4 is 0 Å². The van der Waals surface area contributed by atoms with Gasteiger partial charge in [-0.25, -0.2) is 0 Å². The summed E-state index contributed by atoms with van der Waals surface area (Å²) in [6, 6.07) is 58.5. The highest BCUT2D eigenvalue weighted by atomic mass is 32.2. The molecule has 1 aliphatic carbocycles. The number of hydrogen-bond acceptors (Lipinski definition) is 1. The van der Waals surface area contributed by atoms with Gasteiger partial charge < -0.3 is 0 Å². The van der Waals surface area contributed by atoms with Crippen molar-refractivity contribution in [1.82, 2.24) is 0 Å². The van der Waals surface area contributed by atoms with Crippen molar-refractivity contribution in [3.05, 3.63) is 180 Å².